The highest BCUT2D eigenvalue weighted by molar-refractivity contribution is 7.89. The summed E-state index contributed by atoms with van der Waals surface area (Å²) < 4.78 is 26.9. The maximum atomic E-state index is 12.3. The number of nitrogens with zero attached hydrogens (tertiary/aromatic N) is 1. The summed E-state index contributed by atoms with van der Waals surface area (Å²) in [6.07, 6.45) is 1.49. The monoisotopic (exact) mass is 314 g/mol. The molecule has 0 radical (unpaired) electrons. The Hall–Kier alpha value is -1.67. The van der Waals surface area contributed by atoms with Gasteiger partial charge in [-0.1, -0.05) is 13.8 Å². The van der Waals surface area contributed by atoms with E-state index in [-0.39, 0.29) is 16.6 Å². The highest BCUT2D eigenvalue weighted by Crippen LogP contribution is 2.17. The molecular formula is C13H22N4O3S. The molecule has 1 amide bonds. The number of amides is 1. The van der Waals surface area contributed by atoms with Gasteiger partial charge in [-0.05, 0) is 25.0 Å². The zero-order chi connectivity index (χ0) is 16.0. The lowest BCUT2D eigenvalue weighted by Crippen LogP contribution is -2.45. The van der Waals surface area contributed by atoms with Gasteiger partial charge >= 0.3 is 0 Å². The van der Waals surface area contributed by atoms with Crippen LogP contribution in [-0.2, 0) is 14.8 Å². The van der Waals surface area contributed by atoms with Crippen molar-refractivity contribution < 1.29 is 13.2 Å². The summed E-state index contributed by atoms with van der Waals surface area (Å²) in [4.78, 5) is 15.8. The maximum Gasteiger partial charge on any atom is 0.244 e. The third-order valence-electron chi connectivity index (χ3n) is 2.71. The first-order valence-corrected chi connectivity index (χ1v) is 8.19. The summed E-state index contributed by atoms with van der Waals surface area (Å²) >= 11 is 0. The number of pyridine rings is 1. The average Bonchev–Trinajstić information content (AvgIpc) is 2.44. The minimum Gasteiger partial charge on any atom is -0.372 e. The first kappa shape index (κ1) is 17.4. The summed E-state index contributed by atoms with van der Waals surface area (Å²) in [5.41, 5.74) is 0. The van der Waals surface area contributed by atoms with E-state index in [1.165, 1.54) is 25.3 Å². The van der Waals surface area contributed by atoms with E-state index in [0.717, 1.165) is 0 Å². The number of hydrogen-bond donors (Lipinski definition) is 3. The number of aromatic nitrogens is 1. The molecular weight excluding hydrogens is 292 g/mol. The van der Waals surface area contributed by atoms with Gasteiger partial charge in [-0.15, -0.1) is 0 Å². The van der Waals surface area contributed by atoms with Gasteiger partial charge in [0.1, 0.15) is 10.7 Å². The Morgan fingerprint density at radius 2 is 2.00 bits per heavy atom. The van der Waals surface area contributed by atoms with Crippen LogP contribution in [0, 0.1) is 5.92 Å². The molecule has 1 atom stereocenters. The van der Waals surface area contributed by atoms with Gasteiger partial charge in [0.15, 0.2) is 0 Å². The van der Waals surface area contributed by atoms with E-state index < -0.39 is 16.1 Å². The molecule has 0 saturated carbocycles. The highest BCUT2D eigenvalue weighted by atomic mass is 32.2. The first-order valence-electron chi connectivity index (χ1n) is 6.70. The van der Waals surface area contributed by atoms with Gasteiger partial charge in [-0.25, -0.2) is 13.4 Å². The van der Waals surface area contributed by atoms with Gasteiger partial charge in [0, 0.05) is 19.8 Å². The van der Waals surface area contributed by atoms with Crippen molar-refractivity contribution in [1.82, 2.24) is 15.0 Å². The second-order valence-electron chi connectivity index (χ2n) is 5.08. The molecule has 1 aromatic heterocycles. The standard InChI is InChI=1S/C13H22N4O3S/c1-9(2)8-16-13(18)10(3)17-21(19,20)11-6-5-7-15-12(11)14-4/h5-7,9-10,17H,8H2,1-4H3,(H,14,15)(H,16,18). The third-order valence-corrected chi connectivity index (χ3v) is 4.28. The van der Waals surface area contributed by atoms with Gasteiger partial charge in [0.25, 0.3) is 0 Å². The SMILES string of the molecule is CNc1ncccc1S(=O)(=O)NC(C)C(=O)NCC(C)C. The van der Waals surface area contributed by atoms with Crippen molar-refractivity contribution in [2.75, 3.05) is 18.9 Å². The van der Waals surface area contributed by atoms with Gasteiger partial charge in [-0.3, -0.25) is 4.79 Å². The molecule has 0 aliphatic carbocycles. The zero-order valence-electron chi connectivity index (χ0n) is 12.7. The lowest BCUT2D eigenvalue weighted by molar-refractivity contribution is -0.122. The highest BCUT2D eigenvalue weighted by Gasteiger charge is 2.24. The summed E-state index contributed by atoms with van der Waals surface area (Å²) in [5, 5.41) is 5.40. The van der Waals surface area contributed by atoms with Crippen LogP contribution in [0.25, 0.3) is 0 Å². The van der Waals surface area contributed by atoms with Crippen LogP contribution in [-0.4, -0.2) is 38.9 Å². The molecule has 21 heavy (non-hydrogen) atoms. The first-order chi connectivity index (χ1) is 9.77. The van der Waals surface area contributed by atoms with Crippen molar-refractivity contribution in [2.45, 2.75) is 31.7 Å². The summed E-state index contributed by atoms with van der Waals surface area (Å²) in [6.45, 7) is 5.93. The fraction of sp³-hybridized carbons (Fsp3) is 0.538. The zero-order valence-corrected chi connectivity index (χ0v) is 13.5. The Bertz CT molecular complexity index is 587. The summed E-state index contributed by atoms with van der Waals surface area (Å²) in [7, 11) is -2.24. The van der Waals surface area contributed by atoms with Crippen LogP contribution >= 0.6 is 0 Å². The van der Waals surface area contributed by atoms with E-state index >= 15 is 0 Å². The van der Waals surface area contributed by atoms with E-state index in [0.29, 0.717) is 12.5 Å². The van der Waals surface area contributed by atoms with E-state index in [1.54, 1.807) is 7.05 Å². The maximum absolute atomic E-state index is 12.3. The van der Waals surface area contributed by atoms with Crippen molar-refractivity contribution in [3.63, 3.8) is 0 Å². The summed E-state index contributed by atoms with van der Waals surface area (Å²) in [6, 6.07) is 2.09. The third kappa shape index (κ3) is 4.98. The lowest BCUT2D eigenvalue weighted by Gasteiger charge is -2.16. The fourth-order valence-corrected chi connectivity index (χ4v) is 2.97. The number of hydrogen-bond acceptors (Lipinski definition) is 5. The molecule has 0 spiro atoms. The minimum atomic E-state index is -3.82. The Balaban J connectivity index is 2.83. The van der Waals surface area contributed by atoms with Crippen LogP contribution in [0.15, 0.2) is 23.2 Å². The second-order valence-corrected chi connectivity index (χ2v) is 6.76. The minimum absolute atomic E-state index is 0.0102. The molecule has 118 valence electrons. The molecule has 0 fully saturated rings. The fourth-order valence-electron chi connectivity index (χ4n) is 1.60. The molecule has 3 N–H and O–H groups in total. The molecule has 0 aliphatic heterocycles. The Labute approximate surface area is 125 Å². The van der Waals surface area contributed by atoms with Crippen LogP contribution in [0.4, 0.5) is 5.82 Å². The van der Waals surface area contributed by atoms with Crippen LogP contribution in [0.5, 0.6) is 0 Å². The smallest absolute Gasteiger partial charge is 0.244 e. The number of rotatable bonds is 7. The second kappa shape index (κ2) is 7.37. The number of sulfonamides is 1. The van der Waals surface area contributed by atoms with E-state index in [9.17, 15) is 13.2 Å². The molecule has 7 nitrogen and oxygen atoms in total. The molecule has 1 rings (SSSR count). The van der Waals surface area contributed by atoms with Crippen LogP contribution in [0.2, 0.25) is 0 Å². The van der Waals surface area contributed by atoms with Crippen molar-refractivity contribution in [1.29, 1.82) is 0 Å². The summed E-state index contributed by atoms with van der Waals surface area (Å²) in [5.74, 6) is 0.175. The average molecular weight is 314 g/mol. The van der Waals surface area contributed by atoms with E-state index in [1.807, 2.05) is 13.8 Å². The van der Waals surface area contributed by atoms with Crippen molar-refractivity contribution >= 4 is 21.7 Å². The van der Waals surface area contributed by atoms with Crippen LogP contribution in [0.1, 0.15) is 20.8 Å². The Morgan fingerprint density at radius 1 is 1.33 bits per heavy atom. The number of anilines is 1. The van der Waals surface area contributed by atoms with Gasteiger partial charge in [0.05, 0.1) is 6.04 Å². The molecule has 0 aromatic carbocycles. The van der Waals surface area contributed by atoms with Crippen LogP contribution in [0.3, 0.4) is 0 Å². The number of carbonyl (C=O) groups excluding carboxylic acids is 1. The Kier molecular flexibility index (Phi) is 6.10. The van der Waals surface area contributed by atoms with Crippen molar-refractivity contribution in [3.05, 3.63) is 18.3 Å². The molecule has 1 aromatic rings. The topological polar surface area (TPSA) is 100 Å². The van der Waals surface area contributed by atoms with E-state index in [4.69, 9.17) is 0 Å². The van der Waals surface area contributed by atoms with E-state index in [2.05, 4.69) is 20.3 Å². The molecule has 1 heterocycles. The van der Waals surface area contributed by atoms with Gasteiger partial charge in [0.2, 0.25) is 15.9 Å². The van der Waals surface area contributed by atoms with Gasteiger partial charge < -0.3 is 10.6 Å². The van der Waals surface area contributed by atoms with Crippen molar-refractivity contribution in [3.8, 4) is 0 Å². The van der Waals surface area contributed by atoms with Crippen LogP contribution < -0.4 is 15.4 Å². The molecule has 0 saturated heterocycles. The predicted octanol–water partition coefficient (Wildman–Crippen LogP) is 0.562. The molecule has 0 aliphatic rings. The normalized spacial score (nSPS) is 13.0. The Morgan fingerprint density at radius 3 is 2.57 bits per heavy atom. The van der Waals surface area contributed by atoms with Gasteiger partial charge in [-0.2, -0.15) is 4.72 Å². The molecule has 1 unspecified atom stereocenters. The molecule has 8 heteroatoms. The largest absolute Gasteiger partial charge is 0.372 e. The quantitative estimate of drug-likeness (QED) is 0.683. The molecule has 0 bridgehead atoms. The number of nitrogens with one attached hydrogen (secondary N) is 3. The predicted molar refractivity (Wildman–Crippen MR) is 81.4 cm³/mol. The number of carbonyl (C=O) groups is 1. The van der Waals surface area contributed by atoms with Crippen molar-refractivity contribution in [2.24, 2.45) is 5.92 Å². The lowest BCUT2D eigenvalue weighted by atomic mass is 10.2.